The Morgan fingerprint density at radius 1 is 1.19 bits per heavy atom. The van der Waals surface area contributed by atoms with Gasteiger partial charge in [0.05, 0.1) is 19.1 Å². The molecule has 1 amide bonds. The van der Waals surface area contributed by atoms with Gasteiger partial charge in [-0.1, -0.05) is 42.1 Å². The van der Waals surface area contributed by atoms with Crippen LogP contribution in [-0.2, 0) is 4.79 Å². The molecule has 2 aromatic carbocycles. The van der Waals surface area contributed by atoms with E-state index in [1.165, 1.54) is 11.8 Å². The molecule has 0 saturated carbocycles. The lowest BCUT2D eigenvalue weighted by Crippen LogP contribution is -2.20. The molecule has 0 bridgehead atoms. The Morgan fingerprint density at radius 2 is 1.93 bits per heavy atom. The second kappa shape index (κ2) is 9.00. The molecular weight excluding hydrogens is 362 g/mol. The Labute approximate surface area is 161 Å². The third-order valence-corrected chi connectivity index (χ3v) is 4.60. The first kappa shape index (κ1) is 18.7. The van der Waals surface area contributed by atoms with Gasteiger partial charge in [-0.05, 0) is 31.2 Å². The van der Waals surface area contributed by atoms with Gasteiger partial charge < -0.3 is 4.74 Å². The lowest BCUT2D eigenvalue weighted by molar-refractivity contribution is -0.118. The largest absolute Gasteiger partial charge is 0.496 e. The molecule has 0 aliphatic heterocycles. The molecule has 3 rings (SSSR count). The van der Waals surface area contributed by atoms with Crippen molar-refractivity contribution in [2.24, 2.45) is 5.10 Å². The van der Waals surface area contributed by atoms with Crippen LogP contribution in [0.5, 0.6) is 5.75 Å². The smallest absolute Gasteiger partial charge is 0.250 e. The van der Waals surface area contributed by atoms with Gasteiger partial charge in [-0.25, -0.2) is 5.43 Å². The van der Waals surface area contributed by atoms with Crippen LogP contribution in [0, 0.1) is 6.92 Å². The Bertz CT molecular complexity index is 940. The number of methoxy groups -OCH3 is 1. The molecule has 0 saturated heterocycles. The minimum Gasteiger partial charge on any atom is -0.496 e. The van der Waals surface area contributed by atoms with E-state index in [1.54, 1.807) is 13.3 Å². The summed E-state index contributed by atoms with van der Waals surface area (Å²) in [6.45, 7) is 1.88. The van der Waals surface area contributed by atoms with Crippen LogP contribution in [-0.4, -0.2) is 39.7 Å². The molecule has 138 valence electrons. The van der Waals surface area contributed by atoms with Crippen LogP contribution in [0.2, 0.25) is 0 Å². The number of benzene rings is 2. The predicted octanol–water partition coefficient (Wildman–Crippen LogP) is 2.83. The van der Waals surface area contributed by atoms with Crippen molar-refractivity contribution in [3.05, 3.63) is 66.0 Å². The number of rotatable bonds is 7. The summed E-state index contributed by atoms with van der Waals surface area (Å²) >= 11 is 1.30. The first-order valence-electron chi connectivity index (χ1n) is 8.24. The molecule has 1 aromatic heterocycles. The Balaban J connectivity index is 1.60. The van der Waals surface area contributed by atoms with Crippen molar-refractivity contribution in [2.75, 3.05) is 12.9 Å². The molecule has 0 unspecified atom stereocenters. The van der Waals surface area contributed by atoms with Crippen LogP contribution >= 0.6 is 11.8 Å². The Morgan fingerprint density at radius 3 is 2.70 bits per heavy atom. The monoisotopic (exact) mass is 381 g/mol. The molecule has 27 heavy (non-hydrogen) atoms. The fourth-order valence-electron chi connectivity index (χ4n) is 2.42. The van der Waals surface area contributed by atoms with Gasteiger partial charge in [0, 0.05) is 11.3 Å². The Hall–Kier alpha value is -3.13. The van der Waals surface area contributed by atoms with Gasteiger partial charge in [0.15, 0.2) is 5.16 Å². The predicted molar refractivity (Wildman–Crippen MR) is 106 cm³/mol. The van der Waals surface area contributed by atoms with Crippen molar-refractivity contribution in [1.82, 2.24) is 20.2 Å². The number of aryl methyl sites for hydroxylation is 1. The molecule has 1 N–H and O–H groups in total. The maximum Gasteiger partial charge on any atom is 0.250 e. The standard InChI is InChI=1S/C19H19N5O2S/c1-14-21-23-19(24(14)16-9-4-3-5-10-16)27-13-18(25)22-20-12-15-8-6-7-11-17(15)26-2/h3-12H,13H2,1-2H3,(H,22,25). The molecule has 8 heteroatoms. The summed E-state index contributed by atoms with van der Waals surface area (Å²) in [5, 5.41) is 12.9. The maximum absolute atomic E-state index is 12.1. The minimum absolute atomic E-state index is 0.175. The highest BCUT2D eigenvalue weighted by atomic mass is 32.2. The SMILES string of the molecule is COc1ccccc1C=NNC(=O)CSc1nnc(C)n1-c1ccccc1. The van der Waals surface area contributed by atoms with Gasteiger partial charge in [0.2, 0.25) is 0 Å². The van der Waals surface area contributed by atoms with Gasteiger partial charge in [-0.3, -0.25) is 9.36 Å². The lowest BCUT2D eigenvalue weighted by Gasteiger charge is -2.07. The number of hydrogen-bond donors (Lipinski definition) is 1. The van der Waals surface area contributed by atoms with Crippen LogP contribution < -0.4 is 10.2 Å². The van der Waals surface area contributed by atoms with E-state index in [0.717, 1.165) is 17.1 Å². The molecular formula is C19H19N5O2S. The maximum atomic E-state index is 12.1. The first-order chi connectivity index (χ1) is 13.2. The number of para-hydroxylation sites is 2. The summed E-state index contributed by atoms with van der Waals surface area (Å²) in [6, 6.07) is 17.2. The fraction of sp³-hybridized carbons (Fsp3) is 0.158. The number of carbonyl (C=O) groups is 1. The average molecular weight is 381 g/mol. The molecule has 0 fully saturated rings. The molecule has 0 radical (unpaired) electrons. The topological polar surface area (TPSA) is 81.4 Å². The molecule has 0 spiro atoms. The summed E-state index contributed by atoms with van der Waals surface area (Å²) in [4.78, 5) is 12.1. The van der Waals surface area contributed by atoms with Crippen LogP contribution in [0.25, 0.3) is 5.69 Å². The molecule has 0 aliphatic rings. The second-order valence-electron chi connectivity index (χ2n) is 5.52. The van der Waals surface area contributed by atoms with E-state index in [2.05, 4.69) is 20.7 Å². The molecule has 1 heterocycles. The van der Waals surface area contributed by atoms with Gasteiger partial charge in [0.25, 0.3) is 5.91 Å². The van der Waals surface area contributed by atoms with Crippen molar-refractivity contribution in [3.63, 3.8) is 0 Å². The molecule has 0 aliphatic carbocycles. The van der Waals surface area contributed by atoms with Crippen LogP contribution in [0.4, 0.5) is 0 Å². The van der Waals surface area contributed by atoms with Crippen molar-refractivity contribution in [1.29, 1.82) is 0 Å². The molecule has 3 aromatic rings. The summed E-state index contributed by atoms with van der Waals surface area (Å²) in [6.07, 6.45) is 1.55. The number of nitrogens with one attached hydrogen (secondary N) is 1. The van der Waals surface area contributed by atoms with Crippen molar-refractivity contribution in [2.45, 2.75) is 12.1 Å². The van der Waals surface area contributed by atoms with Gasteiger partial charge in [0.1, 0.15) is 11.6 Å². The number of aromatic nitrogens is 3. The summed E-state index contributed by atoms with van der Waals surface area (Å²) in [5.41, 5.74) is 4.26. The van der Waals surface area contributed by atoms with Crippen LogP contribution in [0.1, 0.15) is 11.4 Å². The van der Waals surface area contributed by atoms with Gasteiger partial charge >= 0.3 is 0 Å². The number of amides is 1. The highest BCUT2D eigenvalue weighted by molar-refractivity contribution is 7.99. The number of ether oxygens (including phenoxy) is 1. The van der Waals surface area contributed by atoms with Crippen molar-refractivity contribution < 1.29 is 9.53 Å². The number of thioether (sulfide) groups is 1. The van der Waals surface area contributed by atoms with E-state index in [4.69, 9.17) is 4.74 Å². The third kappa shape index (κ3) is 4.73. The second-order valence-corrected chi connectivity index (χ2v) is 6.47. The van der Waals surface area contributed by atoms with Gasteiger partial charge in [-0.15, -0.1) is 10.2 Å². The quantitative estimate of drug-likeness (QED) is 0.387. The summed E-state index contributed by atoms with van der Waals surface area (Å²) in [5.74, 6) is 1.40. The van der Waals surface area contributed by atoms with Crippen molar-refractivity contribution in [3.8, 4) is 11.4 Å². The highest BCUT2D eigenvalue weighted by Gasteiger charge is 2.12. The zero-order chi connectivity index (χ0) is 19.1. The highest BCUT2D eigenvalue weighted by Crippen LogP contribution is 2.21. The lowest BCUT2D eigenvalue weighted by atomic mass is 10.2. The third-order valence-electron chi connectivity index (χ3n) is 3.67. The van der Waals surface area contributed by atoms with E-state index >= 15 is 0 Å². The van der Waals surface area contributed by atoms with Gasteiger partial charge in [-0.2, -0.15) is 5.10 Å². The normalized spacial score (nSPS) is 10.9. The Kier molecular flexibility index (Phi) is 6.22. The average Bonchev–Trinajstić information content (AvgIpc) is 3.08. The number of hydrogen-bond acceptors (Lipinski definition) is 6. The summed E-state index contributed by atoms with van der Waals surface area (Å²) in [7, 11) is 1.59. The van der Waals surface area contributed by atoms with Crippen LogP contribution in [0.15, 0.2) is 64.9 Å². The fourth-order valence-corrected chi connectivity index (χ4v) is 3.21. The van der Waals surface area contributed by atoms with E-state index in [9.17, 15) is 4.79 Å². The van der Waals surface area contributed by atoms with E-state index in [0.29, 0.717) is 10.9 Å². The minimum atomic E-state index is -0.230. The zero-order valence-corrected chi connectivity index (χ0v) is 15.8. The van der Waals surface area contributed by atoms with Crippen LogP contribution in [0.3, 0.4) is 0 Å². The molecule has 0 atom stereocenters. The van der Waals surface area contributed by atoms with E-state index in [1.807, 2.05) is 66.1 Å². The van der Waals surface area contributed by atoms with E-state index < -0.39 is 0 Å². The number of hydrazone groups is 1. The molecule has 7 nitrogen and oxygen atoms in total. The van der Waals surface area contributed by atoms with E-state index in [-0.39, 0.29) is 11.7 Å². The van der Waals surface area contributed by atoms with Crippen molar-refractivity contribution >= 4 is 23.9 Å². The number of nitrogens with zero attached hydrogens (tertiary/aromatic N) is 4. The zero-order valence-electron chi connectivity index (χ0n) is 15.0. The first-order valence-corrected chi connectivity index (χ1v) is 9.22. The summed E-state index contributed by atoms with van der Waals surface area (Å²) < 4.78 is 7.15. The number of carbonyl (C=O) groups excluding carboxylic acids is 1.